The molecule has 0 aliphatic carbocycles. The van der Waals surface area contributed by atoms with Gasteiger partial charge in [-0.2, -0.15) is 0 Å². The minimum atomic E-state index is -0.669. The van der Waals surface area contributed by atoms with E-state index in [1.54, 1.807) is 12.1 Å². The molecule has 3 aromatic rings. The van der Waals surface area contributed by atoms with Crippen molar-refractivity contribution in [2.75, 3.05) is 26.2 Å². The maximum absolute atomic E-state index is 10.8. The lowest BCUT2D eigenvalue weighted by Gasteiger charge is -2.05. The van der Waals surface area contributed by atoms with Gasteiger partial charge < -0.3 is 15.3 Å². The molecule has 0 amide bonds. The first-order chi connectivity index (χ1) is 19.2. The van der Waals surface area contributed by atoms with Gasteiger partial charge in [-0.25, -0.2) is 0 Å². The lowest BCUT2D eigenvalue weighted by molar-refractivity contribution is -0.386. The summed E-state index contributed by atoms with van der Waals surface area (Å²) in [6.07, 6.45) is 6.04. The Morgan fingerprint density at radius 3 is 1.38 bits per heavy atom. The molecule has 0 saturated heterocycles. The van der Waals surface area contributed by atoms with Crippen LogP contribution in [0.25, 0.3) is 0 Å². The summed E-state index contributed by atoms with van der Waals surface area (Å²) in [4.78, 5) is 37.1. The van der Waals surface area contributed by atoms with Crippen LogP contribution in [0.4, 0.5) is 11.4 Å². The zero-order chi connectivity index (χ0) is 29.1. The Morgan fingerprint density at radius 1 is 0.650 bits per heavy atom. The molecule has 40 heavy (non-hydrogen) atoms. The molecule has 3 rings (SSSR count). The van der Waals surface area contributed by atoms with Crippen LogP contribution in [0.1, 0.15) is 27.8 Å². The molecule has 0 heterocycles. The topological polar surface area (TPSA) is 196 Å². The standard InChI is InChI=1S/C27H26N6O7/c1-18-10-21(16-30-8-6-28-14-19-2-4-23(32(37)38)25(34)12-19)27(36)22(11-18)17-31-9-7-29-15-20-3-5-24(33(39)40)26(35)13-20/h2-5,10-17,34-36H,6-9H2,1H3. The molecule has 0 aliphatic rings. The van der Waals surface area contributed by atoms with Crippen molar-refractivity contribution >= 4 is 36.2 Å². The number of aliphatic imine (C=N–C) groups is 4. The number of aryl methyl sites for hydroxylation is 1. The number of nitrogens with zero attached hydrogens (tertiary/aromatic N) is 6. The van der Waals surface area contributed by atoms with Crippen LogP contribution in [0, 0.1) is 27.2 Å². The average Bonchev–Trinajstić information content (AvgIpc) is 2.89. The van der Waals surface area contributed by atoms with E-state index in [0.29, 0.717) is 48.4 Å². The van der Waals surface area contributed by atoms with E-state index in [2.05, 4.69) is 20.0 Å². The second kappa shape index (κ2) is 13.9. The summed E-state index contributed by atoms with van der Waals surface area (Å²) >= 11 is 0. The van der Waals surface area contributed by atoms with Gasteiger partial charge in [-0.3, -0.25) is 40.2 Å². The molecule has 0 radical (unpaired) electrons. The Morgan fingerprint density at radius 2 is 1.02 bits per heavy atom. The van der Waals surface area contributed by atoms with Crippen LogP contribution in [0.2, 0.25) is 0 Å². The number of hydrogen-bond acceptors (Lipinski definition) is 11. The van der Waals surface area contributed by atoms with Gasteiger partial charge in [0.25, 0.3) is 0 Å². The van der Waals surface area contributed by atoms with Gasteiger partial charge in [-0.15, -0.1) is 0 Å². The molecule has 0 aromatic heterocycles. The molecule has 13 heteroatoms. The number of phenolic OH excluding ortho intramolecular Hbond substituents is 3. The summed E-state index contributed by atoms with van der Waals surface area (Å²) in [7, 11) is 0. The summed E-state index contributed by atoms with van der Waals surface area (Å²) in [5.41, 5.74) is 2.21. The van der Waals surface area contributed by atoms with Crippen LogP contribution in [0.5, 0.6) is 17.2 Å². The Labute approximate surface area is 228 Å². The van der Waals surface area contributed by atoms with Gasteiger partial charge in [-0.1, -0.05) is 0 Å². The van der Waals surface area contributed by atoms with Gasteiger partial charge >= 0.3 is 11.4 Å². The molecule has 0 unspecified atom stereocenters. The molecule has 0 spiro atoms. The van der Waals surface area contributed by atoms with Gasteiger partial charge in [0.05, 0.1) is 36.0 Å². The Kier molecular flexibility index (Phi) is 10.1. The van der Waals surface area contributed by atoms with Crippen LogP contribution >= 0.6 is 0 Å². The van der Waals surface area contributed by atoms with Crippen molar-refractivity contribution in [3.8, 4) is 17.2 Å². The quantitative estimate of drug-likeness (QED) is 0.132. The molecule has 0 atom stereocenters. The third kappa shape index (κ3) is 8.28. The smallest absolute Gasteiger partial charge is 0.310 e. The maximum atomic E-state index is 10.8. The summed E-state index contributed by atoms with van der Waals surface area (Å²) < 4.78 is 0. The molecule has 3 aromatic carbocycles. The predicted molar refractivity (Wildman–Crippen MR) is 152 cm³/mol. The van der Waals surface area contributed by atoms with E-state index in [9.17, 15) is 35.5 Å². The van der Waals surface area contributed by atoms with Crippen LogP contribution < -0.4 is 0 Å². The summed E-state index contributed by atoms with van der Waals surface area (Å²) in [6, 6.07) is 11.5. The molecule has 206 valence electrons. The Balaban J connectivity index is 1.51. The summed E-state index contributed by atoms with van der Waals surface area (Å²) in [5.74, 6) is -0.845. The molecule has 13 nitrogen and oxygen atoms in total. The molecule has 3 N–H and O–H groups in total. The Hall–Kier alpha value is -5.46. The number of nitro groups is 2. The molecular weight excluding hydrogens is 520 g/mol. The Bertz CT molecular complexity index is 1410. The zero-order valence-electron chi connectivity index (χ0n) is 21.4. The van der Waals surface area contributed by atoms with Crippen molar-refractivity contribution in [1.82, 2.24) is 0 Å². The largest absolute Gasteiger partial charge is 0.507 e. The number of phenols is 3. The molecule has 0 fully saturated rings. The minimum Gasteiger partial charge on any atom is -0.507 e. The van der Waals surface area contributed by atoms with Crippen LogP contribution in [0.15, 0.2) is 68.5 Å². The van der Waals surface area contributed by atoms with Gasteiger partial charge in [0.1, 0.15) is 5.75 Å². The lowest BCUT2D eigenvalue weighted by atomic mass is 10.1. The highest BCUT2D eigenvalue weighted by atomic mass is 16.6. The second-order valence-corrected chi connectivity index (χ2v) is 8.44. The number of rotatable bonds is 12. The van der Waals surface area contributed by atoms with Crippen molar-refractivity contribution in [3.05, 3.63) is 96.6 Å². The highest BCUT2D eigenvalue weighted by Gasteiger charge is 2.13. The van der Waals surface area contributed by atoms with Gasteiger partial charge in [-0.05, 0) is 60.0 Å². The number of aromatic hydroxyl groups is 3. The molecule has 0 aliphatic heterocycles. The number of benzene rings is 3. The summed E-state index contributed by atoms with van der Waals surface area (Å²) in [5, 5.41) is 51.5. The monoisotopic (exact) mass is 546 g/mol. The van der Waals surface area contributed by atoms with E-state index in [0.717, 1.165) is 5.56 Å². The fourth-order valence-electron chi connectivity index (χ4n) is 3.48. The van der Waals surface area contributed by atoms with E-state index in [1.165, 1.54) is 61.3 Å². The van der Waals surface area contributed by atoms with E-state index in [-0.39, 0.29) is 17.1 Å². The molecular formula is C27H26N6O7. The number of hydrogen-bond donors (Lipinski definition) is 3. The van der Waals surface area contributed by atoms with Crippen LogP contribution in [0.3, 0.4) is 0 Å². The normalized spacial score (nSPS) is 11.8. The van der Waals surface area contributed by atoms with Crippen molar-refractivity contribution in [2.45, 2.75) is 6.92 Å². The first-order valence-corrected chi connectivity index (χ1v) is 11.9. The van der Waals surface area contributed by atoms with Crippen molar-refractivity contribution in [3.63, 3.8) is 0 Å². The summed E-state index contributed by atoms with van der Waals surface area (Å²) in [6.45, 7) is 3.19. The fourth-order valence-corrected chi connectivity index (χ4v) is 3.48. The maximum Gasteiger partial charge on any atom is 0.310 e. The fraction of sp³-hybridized carbons (Fsp3) is 0.185. The van der Waals surface area contributed by atoms with Crippen LogP contribution in [-0.4, -0.2) is 76.2 Å². The first-order valence-electron chi connectivity index (χ1n) is 11.9. The van der Waals surface area contributed by atoms with Crippen molar-refractivity contribution < 1.29 is 25.2 Å². The predicted octanol–water partition coefficient (Wildman–Crippen LogP) is 4.00. The first kappa shape index (κ1) is 29.1. The number of nitro benzene ring substituents is 2. The van der Waals surface area contributed by atoms with Gasteiger partial charge in [0.2, 0.25) is 0 Å². The van der Waals surface area contributed by atoms with E-state index >= 15 is 0 Å². The molecule has 0 saturated carbocycles. The van der Waals surface area contributed by atoms with E-state index in [4.69, 9.17) is 0 Å². The highest BCUT2D eigenvalue weighted by Crippen LogP contribution is 2.26. The highest BCUT2D eigenvalue weighted by molar-refractivity contribution is 5.92. The van der Waals surface area contributed by atoms with E-state index < -0.39 is 21.3 Å². The van der Waals surface area contributed by atoms with E-state index in [1.807, 2.05) is 6.92 Å². The third-order valence-corrected chi connectivity index (χ3v) is 5.36. The lowest BCUT2D eigenvalue weighted by Crippen LogP contribution is -1.95. The van der Waals surface area contributed by atoms with Crippen molar-refractivity contribution in [1.29, 1.82) is 0 Å². The average molecular weight is 547 g/mol. The SMILES string of the molecule is Cc1cc(C=NCCN=Cc2ccc([N+](=O)[O-])c(O)c2)c(O)c(C=NCCN=Cc2ccc([N+](=O)[O-])c(O)c2)c1. The van der Waals surface area contributed by atoms with Gasteiger partial charge in [0.15, 0.2) is 11.5 Å². The van der Waals surface area contributed by atoms with Crippen LogP contribution in [-0.2, 0) is 0 Å². The second-order valence-electron chi connectivity index (χ2n) is 8.44. The van der Waals surface area contributed by atoms with Gasteiger partial charge in [0, 0.05) is 48.1 Å². The zero-order valence-corrected chi connectivity index (χ0v) is 21.4. The third-order valence-electron chi connectivity index (χ3n) is 5.36. The minimum absolute atomic E-state index is 0.0211. The van der Waals surface area contributed by atoms with Crippen molar-refractivity contribution in [2.24, 2.45) is 20.0 Å². The molecule has 0 bridgehead atoms.